The molecule has 0 saturated carbocycles. The molecule has 1 aliphatic rings. The minimum absolute atomic E-state index is 0.213. The molecule has 1 heterocycles. The molecule has 0 spiro atoms. The number of esters is 1. The highest BCUT2D eigenvalue weighted by Gasteiger charge is 2.38. The van der Waals surface area contributed by atoms with Crippen molar-refractivity contribution in [2.45, 2.75) is 24.9 Å². The number of ether oxygens (including phenoxy) is 1. The van der Waals surface area contributed by atoms with Crippen LogP contribution in [0, 0.1) is 17.5 Å². The maximum absolute atomic E-state index is 13.9. The predicted molar refractivity (Wildman–Crippen MR) is 73.1 cm³/mol. The largest absolute Gasteiger partial charge is 0.466 e. The molecule has 1 aromatic carbocycles. The third-order valence-corrected chi connectivity index (χ3v) is 3.73. The van der Waals surface area contributed by atoms with E-state index >= 15 is 0 Å². The summed E-state index contributed by atoms with van der Waals surface area (Å²) >= 11 is 0. The summed E-state index contributed by atoms with van der Waals surface area (Å²) in [6.07, 6.45) is 1.58. The van der Waals surface area contributed by atoms with Gasteiger partial charge in [0.05, 0.1) is 19.2 Å². The first-order chi connectivity index (χ1) is 10.9. The van der Waals surface area contributed by atoms with Crippen LogP contribution in [-0.4, -0.2) is 35.2 Å². The molecule has 124 valence electrons. The molecule has 5 nitrogen and oxygen atoms in total. The molecule has 1 fully saturated rings. The van der Waals surface area contributed by atoms with Crippen molar-refractivity contribution in [1.29, 1.82) is 0 Å². The first-order valence-corrected chi connectivity index (χ1v) is 6.77. The van der Waals surface area contributed by atoms with Crippen molar-refractivity contribution in [3.8, 4) is 0 Å². The molecule has 1 aliphatic heterocycles. The van der Waals surface area contributed by atoms with Crippen molar-refractivity contribution in [2.75, 3.05) is 7.11 Å². The Morgan fingerprint density at radius 1 is 1.26 bits per heavy atom. The number of carbonyl (C=O) groups excluding carboxylic acids is 1. The highest BCUT2D eigenvalue weighted by molar-refractivity contribution is 5.82. The van der Waals surface area contributed by atoms with Crippen molar-refractivity contribution < 1.29 is 32.6 Å². The minimum atomic E-state index is -1.64. The Balaban J connectivity index is 2.33. The van der Waals surface area contributed by atoms with Crippen molar-refractivity contribution in [2.24, 2.45) is 0 Å². The SMILES string of the molecule is COC(=O)C=C[C@H]1CC[C@@H](c2ccc(F)c(F)c2F)N1C(=O)O. The van der Waals surface area contributed by atoms with Crippen molar-refractivity contribution in [3.63, 3.8) is 0 Å². The molecular weight excluding hydrogens is 315 g/mol. The fourth-order valence-electron chi connectivity index (χ4n) is 2.66. The summed E-state index contributed by atoms with van der Waals surface area (Å²) < 4.78 is 44.7. The lowest BCUT2D eigenvalue weighted by Gasteiger charge is -2.26. The lowest BCUT2D eigenvalue weighted by atomic mass is 10.0. The highest BCUT2D eigenvalue weighted by Crippen LogP contribution is 2.38. The lowest BCUT2D eigenvalue weighted by Crippen LogP contribution is -2.35. The Hall–Kier alpha value is -2.51. The zero-order chi connectivity index (χ0) is 17.1. The molecule has 2 rings (SSSR count). The van der Waals surface area contributed by atoms with E-state index in [1.807, 2.05) is 0 Å². The Bertz CT molecular complexity index is 662. The van der Waals surface area contributed by atoms with Crippen LogP contribution in [0.25, 0.3) is 0 Å². The third kappa shape index (κ3) is 3.30. The third-order valence-electron chi connectivity index (χ3n) is 3.73. The molecule has 2 atom stereocenters. The van der Waals surface area contributed by atoms with E-state index in [1.165, 1.54) is 13.2 Å². The summed E-state index contributed by atoms with van der Waals surface area (Å²) in [4.78, 5) is 23.5. The molecule has 1 saturated heterocycles. The van der Waals surface area contributed by atoms with Crippen LogP contribution >= 0.6 is 0 Å². The van der Waals surface area contributed by atoms with E-state index in [-0.39, 0.29) is 12.0 Å². The van der Waals surface area contributed by atoms with Crippen molar-refractivity contribution in [1.82, 2.24) is 4.90 Å². The van der Waals surface area contributed by atoms with Crippen LogP contribution in [0.15, 0.2) is 24.3 Å². The number of carboxylic acid groups (broad SMARTS) is 1. The zero-order valence-corrected chi connectivity index (χ0v) is 12.1. The van der Waals surface area contributed by atoms with Crippen LogP contribution in [0.2, 0.25) is 0 Å². The lowest BCUT2D eigenvalue weighted by molar-refractivity contribution is -0.134. The van der Waals surface area contributed by atoms with Gasteiger partial charge in [0.15, 0.2) is 17.5 Å². The monoisotopic (exact) mass is 329 g/mol. The average molecular weight is 329 g/mol. The van der Waals surface area contributed by atoms with Crippen molar-refractivity contribution in [3.05, 3.63) is 47.3 Å². The molecule has 8 heteroatoms. The van der Waals surface area contributed by atoms with E-state index in [0.717, 1.165) is 23.1 Å². The second kappa shape index (κ2) is 6.72. The molecule has 1 amide bonds. The van der Waals surface area contributed by atoms with Gasteiger partial charge >= 0.3 is 12.1 Å². The summed E-state index contributed by atoms with van der Waals surface area (Å²) in [5, 5.41) is 9.34. The normalized spacial score (nSPS) is 21.0. The quantitative estimate of drug-likeness (QED) is 0.526. The summed E-state index contributed by atoms with van der Waals surface area (Å²) in [5.74, 6) is -5.04. The molecule has 0 radical (unpaired) electrons. The topological polar surface area (TPSA) is 66.8 Å². The van der Waals surface area contributed by atoms with Gasteiger partial charge in [-0.25, -0.2) is 22.8 Å². The molecular formula is C15H14F3NO4. The second-order valence-electron chi connectivity index (χ2n) is 5.00. The van der Waals surface area contributed by atoms with Crippen LogP contribution in [0.1, 0.15) is 24.4 Å². The van der Waals surface area contributed by atoms with E-state index < -0.39 is 41.6 Å². The molecule has 23 heavy (non-hydrogen) atoms. The number of nitrogens with zero attached hydrogens (tertiary/aromatic N) is 1. The molecule has 0 unspecified atom stereocenters. The van der Waals surface area contributed by atoms with Gasteiger partial charge in [-0.2, -0.15) is 0 Å². The van der Waals surface area contributed by atoms with Gasteiger partial charge in [0.25, 0.3) is 0 Å². The van der Waals surface area contributed by atoms with Crippen LogP contribution in [-0.2, 0) is 9.53 Å². The smallest absolute Gasteiger partial charge is 0.408 e. The van der Waals surface area contributed by atoms with E-state index in [1.54, 1.807) is 0 Å². The summed E-state index contributed by atoms with van der Waals surface area (Å²) in [5.41, 5.74) is -0.236. The maximum atomic E-state index is 13.9. The van der Waals surface area contributed by atoms with Crippen LogP contribution in [0.3, 0.4) is 0 Å². The van der Waals surface area contributed by atoms with Gasteiger partial charge in [-0.3, -0.25) is 4.90 Å². The number of benzene rings is 1. The molecule has 0 bridgehead atoms. The van der Waals surface area contributed by atoms with E-state index in [4.69, 9.17) is 0 Å². The number of halogens is 3. The average Bonchev–Trinajstić information content (AvgIpc) is 2.94. The van der Waals surface area contributed by atoms with E-state index in [9.17, 15) is 27.9 Å². The van der Waals surface area contributed by atoms with Crippen LogP contribution in [0.5, 0.6) is 0 Å². The first-order valence-electron chi connectivity index (χ1n) is 6.77. The van der Waals surface area contributed by atoms with Gasteiger partial charge < -0.3 is 9.84 Å². The standard InChI is InChI=1S/C15H14F3NO4/c1-23-12(20)7-3-8-2-6-11(19(8)15(21)22)9-4-5-10(16)14(18)13(9)17/h3-5,7-8,11H,2,6H2,1H3,(H,21,22)/t8-,11+/m1/s1. The summed E-state index contributed by atoms with van der Waals surface area (Å²) in [6, 6.07) is 0.130. The number of carbonyl (C=O) groups is 2. The predicted octanol–water partition coefficient (Wildman–Crippen LogP) is 3.02. The van der Waals surface area contributed by atoms with Gasteiger partial charge in [0.1, 0.15) is 0 Å². The number of methoxy groups -OCH3 is 1. The van der Waals surface area contributed by atoms with Gasteiger partial charge in [0.2, 0.25) is 0 Å². The number of amides is 1. The highest BCUT2D eigenvalue weighted by atomic mass is 19.2. The van der Waals surface area contributed by atoms with Gasteiger partial charge in [-0.15, -0.1) is 0 Å². The van der Waals surface area contributed by atoms with E-state index in [2.05, 4.69) is 4.74 Å². The summed E-state index contributed by atoms with van der Waals surface area (Å²) in [7, 11) is 1.18. The fourth-order valence-corrected chi connectivity index (χ4v) is 2.66. The van der Waals surface area contributed by atoms with E-state index in [0.29, 0.717) is 6.42 Å². The molecule has 0 aromatic heterocycles. The Kier molecular flexibility index (Phi) is 4.92. The van der Waals surface area contributed by atoms with Gasteiger partial charge in [-0.1, -0.05) is 12.1 Å². The maximum Gasteiger partial charge on any atom is 0.408 e. The number of hydrogen-bond donors (Lipinski definition) is 1. The van der Waals surface area contributed by atoms with Crippen LogP contribution in [0.4, 0.5) is 18.0 Å². The van der Waals surface area contributed by atoms with Crippen LogP contribution < -0.4 is 0 Å². The van der Waals surface area contributed by atoms with Gasteiger partial charge in [0, 0.05) is 11.6 Å². The Morgan fingerprint density at radius 2 is 1.96 bits per heavy atom. The molecule has 1 aromatic rings. The zero-order valence-electron chi connectivity index (χ0n) is 12.1. The molecule has 1 N–H and O–H groups in total. The fraction of sp³-hybridized carbons (Fsp3) is 0.333. The second-order valence-corrected chi connectivity index (χ2v) is 5.00. The number of rotatable bonds is 3. The number of hydrogen-bond acceptors (Lipinski definition) is 3. The first kappa shape index (κ1) is 16.9. The molecule has 0 aliphatic carbocycles. The minimum Gasteiger partial charge on any atom is -0.466 e. The van der Waals surface area contributed by atoms with Crippen molar-refractivity contribution >= 4 is 12.1 Å². The summed E-state index contributed by atoms with van der Waals surface area (Å²) in [6.45, 7) is 0. The Labute approximate surface area is 130 Å². The number of likely N-dealkylation sites (tertiary alicyclic amines) is 1. The Morgan fingerprint density at radius 3 is 2.57 bits per heavy atom. The van der Waals surface area contributed by atoms with Gasteiger partial charge in [-0.05, 0) is 18.9 Å².